The maximum absolute atomic E-state index is 2.47. The Morgan fingerprint density at radius 1 is 0.596 bits per heavy atom. The highest BCUT2D eigenvalue weighted by atomic mass is 15.1. The summed E-state index contributed by atoms with van der Waals surface area (Å²) < 4.78 is 0. The second-order valence-corrected chi connectivity index (χ2v) is 15.2. The normalized spacial score (nSPS) is 14.5. The van der Waals surface area contributed by atoms with Crippen LogP contribution in [0.15, 0.2) is 206 Å². The van der Waals surface area contributed by atoms with Gasteiger partial charge < -0.3 is 4.90 Å². The zero-order valence-corrected chi connectivity index (χ0v) is 32.8. The van der Waals surface area contributed by atoms with Crippen LogP contribution in [0.25, 0.3) is 65.7 Å². The standard InChI is InChI=1S/C56H47N/c1-3-15-41(47-28-27-42-17-7-8-20-46(42)37-47)23-14-35-57(56-34-31-48(45-22-13-16-40(2)36-45)38-55(56)43-18-5-4-6-19-43)50-32-29-44(30-33-50)54-39-49-21-9-10-24-51(49)52-25-11-12-26-53(52)54/h4-15,17-34,36-40H,3,16,35H2,1-2H3/b23-14-,41-15+. The summed E-state index contributed by atoms with van der Waals surface area (Å²) in [5, 5.41) is 7.63. The number of hydrogen-bond donors (Lipinski definition) is 0. The molecule has 9 rings (SSSR count). The van der Waals surface area contributed by atoms with Gasteiger partial charge in [-0.25, -0.2) is 0 Å². The van der Waals surface area contributed by atoms with E-state index in [2.05, 4.69) is 225 Å². The molecule has 0 radical (unpaired) electrons. The number of benzene rings is 8. The number of anilines is 2. The molecule has 1 aliphatic carbocycles. The first kappa shape index (κ1) is 36.0. The van der Waals surface area contributed by atoms with Gasteiger partial charge in [-0.15, -0.1) is 0 Å². The van der Waals surface area contributed by atoms with Crippen molar-refractivity contribution in [2.24, 2.45) is 5.92 Å². The van der Waals surface area contributed by atoms with E-state index in [1.165, 1.54) is 82.5 Å². The lowest BCUT2D eigenvalue weighted by atomic mass is 9.91. The Morgan fingerprint density at radius 3 is 2.07 bits per heavy atom. The number of nitrogens with zero attached hydrogens (tertiary/aromatic N) is 1. The minimum Gasteiger partial charge on any atom is -0.337 e. The monoisotopic (exact) mass is 733 g/mol. The van der Waals surface area contributed by atoms with Crippen LogP contribution in [0.5, 0.6) is 0 Å². The Morgan fingerprint density at radius 2 is 1.28 bits per heavy atom. The van der Waals surface area contributed by atoms with Crippen LogP contribution in [0.3, 0.4) is 0 Å². The molecular weight excluding hydrogens is 687 g/mol. The fraction of sp³-hybridized carbons (Fsp3) is 0.107. The molecular formula is C56H47N. The van der Waals surface area contributed by atoms with Crippen molar-refractivity contribution in [3.05, 3.63) is 217 Å². The van der Waals surface area contributed by atoms with Crippen LogP contribution in [0.4, 0.5) is 11.4 Å². The second-order valence-electron chi connectivity index (χ2n) is 15.2. The lowest BCUT2D eigenvalue weighted by Gasteiger charge is -2.28. The van der Waals surface area contributed by atoms with Crippen LogP contribution in [0.2, 0.25) is 0 Å². The molecule has 0 spiro atoms. The predicted molar refractivity (Wildman–Crippen MR) is 248 cm³/mol. The SMILES string of the molecule is CC/C=C(\C=C/CN(c1ccc(-c2cc3ccccc3c3ccccc23)cc1)c1ccc(C2=CC(C)CC=C2)cc1-c1ccccc1)c1ccc2ccccc2c1. The fourth-order valence-corrected chi connectivity index (χ4v) is 8.44. The van der Waals surface area contributed by atoms with E-state index in [1.54, 1.807) is 0 Å². The van der Waals surface area contributed by atoms with E-state index in [9.17, 15) is 0 Å². The van der Waals surface area contributed by atoms with Crippen LogP contribution < -0.4 is 4.90 Å². The topological polar surface area (TPSA) is 3.24 Å². The molecule has 0 heterocycles. The van der Waals surface area contributed by atoms with Crippen molar-refractivity contribution in [2.75, 3.05) is 11.4 Å². The number of fused-ring (bicyclic) bond motifs is 4. The molecule has 1 heteroatoms. The Kier molecular flexibility index (Phi) is 10.2. The quantitative estimate of drug-likeness (QED) is 0.0999. The minimum absolute atomic E-state index is 0.526. The lowest BCUT2D eigenvalue weighted by molar-refractivity contribution is 0.740. The van der Waals surface area contributed by atoms with Crippen LogP contribution in [0.1, 0.15) is 37.8 Å². The molecule has 0 saturated heterocycles. The summed E-state index contributed by atoms with van der Waals surface area (Å²) in [6, 6.07) is 62.4. The highest BCUT2D eigenvalue weighted by Gasteiger charge is 2.18. The smallest absolute Gasteiger partial charge is 0.0493 e. The summed E-state index contributed by atoms with van der Waals surface area (Å²) in [6.45, 7) is 5.21. The third-order valence-electron chi connectivity index (χ3n) is 11.3. The van der Waals surface area contributed by atoms with Gasteiger partial charge in [-0.3, -0.25) is 0 Å². The largest absolute Gasteiger partial charge is 0.337 e. The molecule has 0 amide bonds. The Labute approximate surface area is 337 Å². The summed E-state index contributed by atoms with van der Waals surface area (Å²) in [5.41, 5.74) is 12.2. The van der Waals surface area contributed by atoms with Gasteiger partial charge in [0.15, 0.2) is 0 Å². The van der Waals surface area contributed by atoms with Gasteiger partial charge in [0.2, 0.25) is 0 Å². The lowest BCUT2D eigenvalue weighted by Crippen LogP contribution is -2.18. The van der Waals surface area contributed by atoms with E-state index in [0.29, 0.717) is 12.5 Å². The third-order valence-corrected chi connectivity index (χ3v) is 11.3. The van der Waals surface area contributed by atoms with Gasteiger partial charge in [-0.2, -0.15) is 0 Å². The molecule has 1 nitrogen and oxygen atoms in total. The van der Waals surface area contributed by atoms with Crippen molar-refractivity contribution in [1.29, 1.82) is 0 Å². The molecule has 0 aliphatic heterocycles. The summed E-state index contributed by atoms with van der Waals surface area (Å²) >= 11 is 0. The number of hydrogen-bond acceptors (Lipinski definition) is 1. The van der Waals surface area contributed by atoms with Crippen molar-refractivity contribution in [3.63, 3.8) is 0 Å². The maximum Gasteiger partial charge on any atom is 0.0493 e. The van der Waals surface area contributed by atoms with Crippen molar-refractivity contribution in [1.82, 2.24) is 0 Å². The highest BCUT2D eigenvalue weighted by molar-refractivity contribution is 6.13. The van der Waals surface area contributed by atoms with Crippen molar-refractivity contribution in [2.45, 2.75) is 26.7 Å². The Balaban J connectivity index is 1.15. The van der Waals surface area contributed by atoms with Crippen molar-refractivity contribution < 1.29 is 0 Å². The molecule has 1 atom stereocenters. The average molecular weight is 734 g/mol. The van der Waals surface area contributed by atoms with Crippen LogP contribution in [-0.2, 0) is 0 Å². The molecule has 0 aromatic heterocycles. The molecule has 57 heavy (non-hydrogen) atoms. The maximum atomic E-state index is 2.47. The molecule has 8 aromatic rings. The van der Waals surface area contributed by atoms with Crippen LogP contribution >= 0.6 is 0 Å². The van der Waals surface area contributed by atoms with E-state index in [-0.39, 0.29) is 0 Å². The van der Waals surface area contributed by atoms with Gasteiger partial charge in [0.1, 0.15) is 0 Å². The highest BCUT2D eigenvalue weighted by Crippen LogP contribution is 2.40. The number of rotatable bonds is 10. The first-order chi connectivity index (χ1) is 28.1. The van der Waals surface area contributed by atoms with E-state index in [1.807, 2.05) is 0 Å². The van der Waals surface area contributed by atoms with Gasteiger partial charge in [0.05, 0.1) is 0 Å². The predicted octanol–water partition coefficient (Wildman–Crippen LogP) is 15.6. The first-order valence-corrected chi connectivity index (χ1v) is 20.4. The van der Waals surface area contributed by atoms with Crippen LogP contribution in [0, 0.1) is 5.92 Å². The van der Waals surface area contributed by atoms with Gasteiger partial charge in [0, 0.05) is 23.5 Å². The average Bonchev–Trinajstić information content (AvgIpc) is 3.27. The zero-order valence-electron chi connectivity index (χ0n) is 32.8. The van der Waals surface area contributed by atoms with Crippen molar-refractivity contribution >= 4 is 54.8 Å². The fourth-order valence-electron chi connectivity index (χ4n) is 8.44. The molecule has 0 bridgehead atoms. The second kappa shape index (κ2) is 16.2. The summed E-state index contributed by atoms with van der Waals surface area (Å²) in [7, 11) is 0. The van der Waals surface area contributed by atoms with E-state index < -0.39 is 0 Å². The first-order valence-electron chi connectivity index (χ1n) is 20.4. The summed E-state index contributed by atoms with van der Waals surface area (Å²) in [6.07, 6.45) is 16.0. The third kappa shape index (κ3) is 7.50. The van der Waals surface area contributed by atoms with E-state index in [4.69, 9.17) is 0 Å². The van der Waals surface area contributed by atoms with Crippen LogP contribution in [-0.4, -0.2) is 6.54 Å². The van der Waals surface area contributed by atoms with Crippen molar-refractivity contribution in [3.8, 4) is 22.3 Å². The molecule has 8 aromatic carbocycles. The van der Waals surface area contributed by atoms with Gasteiger partial charge in [-0.1, -0.05) is 184 Å². The van der Waals surface area contributed by atoms with Gasteiger partial charge in [-0.05, 0) is 126 Å². The molecule has 0 saturated carbocycles. The summed E-state index contributed by atoms with van der Waals surface area (Å²) in [5.74, 6) is 0.526. The molecule has 1 unspecified atom stereocenters. The Hall–Kier alpha value is -6.70. The van der Waals surface area contributed by atoms with Gasteiger partial charge >= 0.3 is 0 Å². The van der Waals surface area contributed by atoms with Gasteiger partial charge in [0.25, 0.3) is 0 Å². The summed E-state index contributed by atoms with van der Waals surface area (Å²) in [4.78, 5) is 2.47. The zero-order chi connectivity index (χ0) is 38.6. The Bertz CT molecular complexity index is 2830. The molecule has 0 fully saturated rings. The minimum atomic E-state index is 0.526. The molecule has 276 valence electrons. The molecule has 1 aliphatic rings. The number of allylic oxidation sites excluding steroid dienone is 7. The van der Waals surface area contributed by atoms with E-state index in [0.717, 1.165) is 18.5 Å². The molecule has 0 N–H and O–H groups in total. The van der Waals surface area contributed by atoms with E-state index >= 15 is 0 Å².